The number of hydrogen-bond acceptors (Lipinski definition) is 5. The minimum Gasteiger partial charge on any atom is -0.484 e. The van der Waals surface area contributed by atoms with Crippen LogP contribution >= 0.6 is 11.6 Å². The van der Waals surface area contributed by atoms with Crippen molar-refractivity contribution in [2.45, 2.75) is 32.4 Å². The molecule has 0 saturated heterocycles. The maximum absolute atomic E-state index is 13.7. The van der Waals surface area contributed by atoms with Gasteiger partial charge in [0.05, 0.1) is 12.6 Å². The van der Waals surface area contributed by atoms with E-state index in [1.54, 1.807) is 53.1 Å². The van der Waals surface area contributed by atoms with Crippen LogP contribution in [-0.2, 0) is 9.59 Å². The Morgan fingerprint density at radius 1 is 1.05 bits per heavy atom. The van der Waals surface area contributed by atoms with Gasteiger partial charge in [0, 0.05) is 41.5 Å². The SMILES string of the molecule is CC(=O)N(c1ccc(Cl)cc1)C1CC(C)N(C(=O)c2ccc(OCC(=O)NCCO)cc2)c2ccccc21. The van der Waals surface area contributed by atoms with Gasteiger partial charge in [-0.25, -0.2) is 0 Å². The minimum atomic E-state index is -0.342. The van der Waals surface area contributed by atoms with Crippen LogP contribution in [0.1, 0.15) is 42.2 Å². The molecule has 0 radical (unpaired) electrons. The summed E-state index contributed by atoms with van der Waals surface area (Å²) < 4.78 is 5.47. The number of nitrogens with one attached hydrogen (secondary N) is 1. The molecule has 4 rings (SSSR count). The predicted octanol–water partition coefficient (Wildman–Crippen LogP) is 4.36. The molecule has 0 spiro atoms. The zero-order valence-corrected chi connectivity index (χ0v) is 22.0. The highest BCUT2D eigenvalue weighted by molar-refractivity contribution is 6.30. The highest BCUT2D eigenvalue weighted by atomic mass is 35.5. The zero-order chi connectivity index (χ0) is 27.2. The van der Waals surface area contributed by atoms with Crippen LogP contribution in [0.2, 0.25) is 5.02 Å². The zero-order valence-electron chi connectivity index (χ0n) is 21.3. The average Bonchev–Trinajstić information content (AvgIpc) is 2.91. The average molecular weight is 536 g/mol. The van der Waals surface area contributed by atoms with E-state index < -0.39 is 0 Å². The number of ether oxygens (including phenoxy) is 1. The Labute approximate surface area is 226 Å². The molecule has 3 amide bonds. The first-order valence-electron chi connectivity index (χ1n) is 12.4. The van der Waals surface area contributed by atoms with Gasteiger partial charge < -0.3 is 25.0 Å². The van der Waals surface area contributed by atoms with Crippen LogP contribution in [-0.4, -0.2) is 48.6 Å². The van der Waals surface area contributed by atoms with Crippen molar-refractivity contribution < 1.29 is 24.2 Å². The van der Waals surface area contributed by atoms with Crippen LogP contribution < -0.4 is 19.9 Å². The van der Waals surface area contributed by atoms with Crippen molar-refractivity contribution in [1.82, 2.24) is 5.32 Å². The van der Waals surface area contributed by atoms with Crippen LogP contribution in [0.4, 0.5) is 11.4 Å². The molecule has 9 heteroatoms. The maximum Gasteiger partial charge on any atom is 0.258 e. The van der Waals surface area contributed by atoms with Crippen molar-refractivity contribution in [3.05, 3.63) is 88.9 Å². The van der Waals surface area contributed by atoms with E-state index >= 15 is 0 Å². The summed E-state index contributed by atoms with van der Waals surface area (Å²) in [7, 11) is 0. The summed E-state index contributed by atoms with van der Waals surface area (Å²) in [6.07, 6.45) is 0.551. The van der Waals surface area contributed by atoms with Gasteiger partial charge in [0.1, 0.15) is 5.75 Å². The molecule has 0 fully saturated rings. The van der Waals surface area contributed by atoms with E-state index in [0.29, 0.717) is 22.8 Å². The Hall–Kier alpha value is -3.88. The van der Waals surface area contributed by atoms with Gasteiger partial charge in [0.15, 0.2) is 6.61 Å². The molecule has 0 aromatic heterocycles. The van der Waals surface area contributed by atoms with Crippen molar-refractivity contribution in [2.75, 3.05) is 29.6 Å². The summed E-state index contributed by atoms with van der Waals surface area (Å²) in [6, 6.07) is 21.0. The fourth-order valence-corrected chi connectivity index (χ4v) is 4.87. The second kappa shape index (κ2) is 12.1. The Bertz CT molecular complexity index is 1300. The van der Waals surface area contributed by atoms with E-state index in [-0.39, 0.29) is 49.6 Å². The highest BCUT2D eigenvalue weighted by Crippen LogP contribution is 2.42. The van der Waals surface area contributed by atoms with Crippen LogP contribution in [0.15, 0.2) is 72.8 Å². The predicted molar refractivity (Wildman–Crippen MR) is 147 cm³/mol. The first-order valence-corrected chi connectivity index (χ1v) is 12.8. The summed E-state index contributed by atoms with van der Waals surface area (Å²) in [6.45, 7) is 3.35. The molecule has 3 aromatic carbocycles. The number of aliphatic hydroxyl groups excluding tert-OH is 1. The Kier molecular flexibility index (Phi) is 8.66. The third-order valence-corrected chi connectivity index (χ3v) is 6.69. The molecule has 2 N–H and O–H groups in total. The number of fused-ring (bicyclic) bond motifs is 1. The molecular formula is C29H30ClN3O5. The van der Waals surface area contributed by atoms with Crippen LogP contribution in [0, 0.1) is 0 Å². The largest absolute Gasteiger partial charge is 0.484 e. The molecule has 1 aliphatic rings. The van der Waals surface area contributed by atoms with E-state index in [0.717, 1.165) is 16.9 Å². The van der Waals surface area contributed by atoms with Gasteiger partial charge in [-0.2, -0.15) is 0 Å². The summed E-state index contributed by atoms with van der Waals surface area (Å²) in [5.74, 6) is -0.158. The van der Waals surface area contributed by atoms with Crippen molar-refractivity contribution >= 4 is 40.7 Å². The van der Waals surface area contributed by atoms with Crippen molar-refractivity contribution in [2.24, 2.45) is 0 Å². The van der Waals surface area contributed by atoms with E-state index in [9.17, 15) is 14.4 Å². The number of rotatable bonds is 8. The normalized spacial score (nSPS) is 16.4. The number of anilines is 2. The Morgan fingerprint density at radius 3 is 2.39 bits per heavy atom. The van der Waals surface area contributed by atoms with E-state index in [1.165, 1.54) is 0 Å². The number of halogens is 1. The van der Waals surface area contributed by atoms with Crippen LogP contribution in [0.3, 0.4) is 0 Å². The van der Waals surface area contributed by atoms with Gasteiger partial charge in [-0.05, 0) is 73.5 Å². The summed E-state index contributed by atoms with van der Waals surface area (Å²) in [5.41, 5.74) is 2.86. The number of hydrogen-bond donors (Lipinski definition) is 2. The minimum absolute atomic E-state index is 0.0975. The fraction of sp³-hybridized carbons (Fsp3) is 0.276. The lowest BCUT2D eigenvalue weighted by Gasteiger charge is -2.43. The molecular weight excluding hydrogens is 506 g/mol. The van der Waals surface area contributed by atoms with Gasteiger partial charge in [0.25, 0.3) is 11.8 Å². The van der Waals surface area contributed by atoms with Crippen LogP contribution in [0.25, 0.3) is 0 Å². The lowest BCUT2D eigenvalue weighted by atomic mass is 9.89. The molecule has 1 heterocycles. The van der Waals surface area contributed by atoms with Gasteiger partial charge in [-0.1, -0.05) is 29.8 Å². The molecule has 198 valence electrons. The molecule has 0 saturated carbocycles. The van der Waals surface area contributed by atoms with E-state index in [2.05, 4.69) is 5.32 Å². The van der Waals surface area contributed by atoms with Gasteiger partial charge >= 0.3 is 0 Å². The molecule has 3 aromatic rings. The third-order valence-electron chi connectivity index (χ3n) is 6.44. The van der Waals surface area contributed by atoms with Gasteiger partial charge in [-0.15, -0.1) is 0 Å². The standard InChI is InChI=1S/C29H30ClN3O5/c1-19-17-27(33(20(2)35)23-11-9-22(30)10-12-23)25-5-3-4-6-26(25)32(19)29(37)21-7-13-24(14-8-21)38-18-28(36)31-15-16-34/h3-14,19,27,34H,15-18H2,1-2H3,(H,31,36). The first kappa shape index (κ1) is 27.2. The Balaban J connectivity index is 1.57. The number of carbonyl (C=O) groups excluding carboxylic acids is 3. The number of amides is 3. The lowest BCUT2D eigenvalue weighted by Crippen LogP contribution is -2.47. The number of carbonyl (C=O) groups is 3. The molecule has 1 aliphatic heterocycles. The van der Waals surface area contributed by atoms with E-state index in [4.69, 9.17) is 21.4 Å². The number of para-hydroxylation sites is 1. The smallest absolute Gasteiger partial charge is 0.258 e. The number of nitrogens with zero attached hydrogens (tertiary/aromatic N) is 2. The lowest BCUT2D eigenvalue weighted by molar-refractivity contribution is -0.123. The second-order valence-electron chi connectivity index (χ2n) is 9.09. The topological polar surface area (TPSA) is 99.2 Å². The monoisotopic (exact) mass is 535 g/mol. The molecule has 8 nitrogen and oxygen atoms in total. The van der Waals surface area contributed by atoms with Gasteiger partial charge in [0.2, 0.25) is 5.91 Å². The fourth-order valence-electron chi connectivity index (χ4n) is 4.75. The molecule has 0 bridgehead atoms. The molecule has 0 aliphatic carbocycles. The highest BCUT2D eigenvalue weighted by Gasteiger charge is 2.38. The summed E-state index contributed by atoms with van der Waals surface area (Å²) >= 11 is 6.08. The van der Waals surface area contributed by atoms with E-state index in [1.807, 2.05) is 43.3 Å². The second-order valence-corrected chi connectivity index (χ2v) is 9.52. The van der Waals surface area contributed by atoms with Gasteiger partial charge in [-0.3, -0.25) is 14.4 Å². The molecule has 2 atom stereocenters. The van der Waals surface area contributed by atoms with Crippen LogP contribution in [0.5, 0.6) is 5.75 Å². The first-order chi connectivity index (χ1) is 18.3. The quantitative estimate of drug-likeness (QED) is 0.446. The number of aliphatic hydroxyl groups is 1. The maximum atomic E-state index is 13.7. The summed E-state index contributed by atoms with van der Waals surface area (Å²) in [5, 5.41) is 11.9. The van der Waals surface area contributed by atoms with Crippen molar-refractivity contribution in [1.29, 1.82) is 0 Å². The number of benzene rings is 3. The van der Waals surface area contributed by atoms with Crippen molar-refractivity contribution in [3.63, 3.8) is 0 Å². The van der Waals surface area contributed by atoms with Crippen molar-refractivity contribution in [3.8, 4) is 5.75 Å². The Morgan fingerprint density at radius 2 is 1.74 bits per heavy atom. The third kappa shape index (κ3) is 5.98. The molecule has 2 unspecified atom stereocenters. The molecule has 38 heavy (non-hydrogen) atoms. The summed E-state index contributed by atoms with van der Waals surface area (Å²) in [4.78, 5) is 41.7.